The van der Waals surface area contributed by atoms with Crippen molar-refractivity contribution in [3.05, 3.63) is 11.1 Å². The SMILES string of the molecule is C#CCC(C)NC(=O)C(C)=C1CNC1. The van der Waals surface area contributed by atoms with E-state index in [9.17, 15) is 4.79 Å². The molecule has 3 nitrogen and oxygen atoms in total. The van der Waals surface area contributed by atoms with Gasteiger partial charge in [0.25, 0.3) is 0 Å². The van der Waals surface area contributed by atoms with Gasteiger partial charge in [0.2, 0.25) is 5.91 Å². The van der Waals surface area contributed by atoms with Gasteiger partial charge in [0.05, 0.1) is 0 Å². The summed E-state index contributed by atoms with van der Waals surface area (Å²) in [6, 6.07) is 0.0519. The molecule has 1 fully saturated rings. The normalized spacial score (nSPS) is 16.5. The summed E-state index contributed by atoms with van der Waals surface area (Å²) in [6.07, 6.45) is 5.73. The van der Waals surface area contributed by atoms with Crippen molar-refractivity contribution in [3.63, 3.8) is 0 Å². The Morgan fingerprint density at radius 3 is 2.79 bits per heavy atom. The second-order valence-corrected chi connectivity index (χ2v) is 3.61. The molecule has 0 radical (unpaired) electrons. The van der Waals surface area contributed by atoms with Gasteiger partial charge in [0.15, 0.2) is 0 Å². The summed E-state index contributed by atoms with van der Waals surface area (Å²) in [5.41, 5.74) is 2.02. The van der Waals surface area contributed by atoms with E-state index in [0.717, 1.165) is 18.7 Å². The molecule has 0 aromatic carbocycles. The number of terminal acetylenes is 1. The molecule has 1 rings (SSSR count). The van der Waals surface area contributed by atoms with Crippen LogP contribution in [-0.2, 0) is 4.79 Å². The van der Waals surface area contributed by atoms with Crippen molar-refractivity contribution in [3.8, 4) is 12.3 Å². The predicted octanol–water partition coefficient (Wildman–Crippen LogP) is 0.434. The van der Waals surface area contributed by atoms with Gasteiger partial charge in [-0.25, -0.2) is 0 Å². The molecule has 2 N–H and O–H groups in total. The van der Waals surface area contributed by atoms with Crippen LogP contribution in [0.3, 0.4) is 0 Å². The first-order chi connectivity index (χ1) is 6.65. The van der Waals surface area contributed by atoms with Gasteiger partial charge in [0, 0.05) is 31.1 Å². The summed E-state index contributed by atoms with van der Waals surface area (Å²) in [5.74, 6) is 2.53. The number of amides is 1. The smallest absolute Gasteiger partial charge is 0.247 e. The average molecular weight is 192 g/mol. The molecule has 1 heterocycles. The van der Waals surface area contributed by atoms with Crippen LogP contribution in [0.2, 0.25) is 0 Å². The lowest BCUT2D eigenvalue weighted by Crippen LogP contribution is -2.39. The van der Waals surface area contributed by atoms with E-state index in [1.807, 2.05) is 13.8 Å². The monoisotopic (exact) mass is 192 g/mol. The zero-order chi connectivity index (χ0) is 10.6. The fourth-order valence-corrected chi connectivity index (χ4v) is 1.24. The van der Waals surface area contributed by atoms with Crippen molar-refractivity contribution in [2.75, 3.05) is 13.1 Å². The summed E-state index contributed by atoms with van der Waals surface area (Å²) >= 11 is 0. The Kier molecular flexibility index (Phi) is 3.73. The largest absolute Gasteiger partial charge is 0.349 e. The number of nitrogens with one attached hydrogen (secondary N) is 2. The van der Waals surface area contributed by atoms with E-state index in [4.69, 9.17) is 6.42 Å². The standard InChI is InChI=1S/C11H16N2O/c1-4-5-8(2)13-11(14)9(3)10-6-12-7-10/h1,8,12H,5-7H2,2-3H3,(H,13,14). The van der Waals surface area contributed by atoms with Crippen molar-refractivity contribution in [2.24, 2.45) is 0 Å². The summed E-state index contributed by atoms with van der Waals surface area (Å²) < 4.78 is 0. The summed E-state index contributed by atoms with van der Waals surface area (Å²) in [5, 5.41) is 5.97. The Morgan fingerprint density at radius 2 is 2.36 bits per heavy atom. The van der Waals surface area contributed by atoms with Crippen LogP contribution in [0, 0.1) is 12.3 Å². The van der Waals surface area contributed by atoms with E-state index in [2.05, 4.69) is 16.6 Å². The summed E-state index contributed by atoms with van der Waals surface area (Å²) in [6.45, 7) is 5.44. The van der Waals surface area contributed by atoms with Gasteiger partial charge in [-0.1, -0.05) is 0 Å². The number of hydrogen-bond donors (Lipinski definition) is 2. The van der Waals surface area contributed by atoms with Crippen LogP contribution in [0.15, 0.2) is 11.1 Å². The van der Waals surface area contributed by atoms with Gasteiger partial charge in [-0.3, -0.25) is 4.79 Å². The topological polar surface area (TPSA) is 41.1 Å². The van der Waals surface area contributed by atoms with Crippen molar-refractivity contribution in [2.45, 2.75) is 26.3 Å². The number of carbonyl (C=O) groups is 1. The molecule has 0 aliphatic carbocycles. The van der Waals surface area contributed by atoms with Crippen LogP contribution in [0.4, 0.5) is 0 Å². The van der Waals surface area contributed by atoms with Gasteiger partial charge in [-0.15, -0.1) is 12.3 Å². The van der Waals surface area contributed by atoms with E-state index in [0.29, 0.717) is 6.42 Å². The molecule has 3 heteroatoms. The lowest BCUT2D eigenvalue weighted by atomic mass is 10.0. The first-order valence-corrected chi connectivity index (χ1v) is 4.78. The Morgan fingerprint density at radius 1 is 1.71 bits per heavy atom. The summed E-state index contributed by atoms with van der Waals surface area (Å²) in [7, 11) is 0. The molecule has 0 spiro atoms. The highest BCUT2D eigenvalue weighted by Gasteiger charge is 2.16. The first kappa shape index (κ1) is 10.8. The fraction of sp³-hybridized carbons (Fsp3) is 0.545. The second kappa shape index (κ2) is 4.83. The Bertz CT molecular complexity index is 293. The average Bonchev–Trinajstić information content (AvgIpc) is 2.01. The first-order valence-electron chi connectivity index (χ1n) is 4.78. The molecule has 1 aliphatic heterocycles. The molecule has 1 saturated heterocycles. The molecule has 0 aromatic rings. The number of rotatable bonds is 3. The second-order valence-electron chi connectivity index (χ2n) is 3.61. The van der Waals surface area contributed by atoms with E-state index < -0.39 is 0 Å². The predicted molar refractivity (Wildman–Crippen MR) is 56.6 cm³/mol. The zero-order valence-corrected chi connectivity index (χ0v) is 8.68. The minimum atomic E-state index is 0.00394. The van der Waals surface area contributed by atoms with Crippen molar-refractivity contribution >= 4 is 5.91 Å². The molecule has 0 saturated carbocycles. The Hall–Kier alpha value is -1.27. The van der Waals surface area contributed by atoms with Crippen molar-refractivity contribution < 1.29 is 4.79 Å². The van der Waals surface area contributed by atoms with E-state index in [1.54, 1.807) is 0 Å². The lowest BCUT2D eigenvalue weighted by Gasteiger charge is -2.22. The molecule has 1 unspecified atom stereocenters. The molecular formula is C11H16N2O. The molecule has 0 aromatic heterocycles. The van der Waals surface area contributed by atoms with E-state index >= 15 is 0 Å². The van der Waals surface area contributed by atoms with Crippen molar-refractivity contribution in [1.82, 2.24) is 10.6 Å². The van der Waals surface area contributed by atoms with E-state index in [-0.39, 0.29) is 11.9 Å². The maximum atomic E-state index is 11.6. The van der Waals surface area contributed by atoms with Crippen LogP contribution in [0.25, 0.3) is 0 Å². The third-order valence-electron chi connectivity index (χ3n) is 2.35. The van der Waals surface area contributed by atoms with Crippen LogP contribution in [0.5, 0.6) is 0 Å². The molecule has 76 valence electrons. The third kappa shape index (κ3) is 2.61. The minimum absolute atomic E-state index is 0.00394. The highest BCUT2D eigenvalue weighted by molar-refractivity contribution is 5.94. The molecule has 1 atom stereocenters. The number of hydrogen-bond acceptors (Lipinski definition) is 2. The molecule has 0 bridgehead atoms. The maximum Gasteiger partial charge on any atom is 0.247 e. The molecule has 14 heavy (non-hydrogen) atoms. The molecule has 1 amide bonds. The quantitative estimate of drug-likeness (QED) is 0.503. The maximum absolute atomic E-state index is 11.6. The van der Waals surface area contributed by atoms with Gasteiger partial charge < -0.3 is 10.6 Å². The lowest BCUT2D eigenvalue weighted by molar-refractivity contribution is -0.118. The highest BCUT2D eigenvalue weighted by atomic mass is 16.1. The number of carbonyl (C=O) groups excluding carboxylic acids is 1. The van der Waals surface area contributed by atoms with Gasteiger partial charge >= 0.3 is 0 Å². The Balaban J connectivity index is 2.46. The molecule has 1 aliphatic rings. The van der Waals surface area contributed by atoms with Gasteiger partial charge in [0.1, 0.15) is 0 Å². The highest BCUT2D eigenvalue weighted by Crippen LogP contribution is 2.08. The minimum Gasteiger partial charge on any atom is -0.349 e. The van der Waals surface area contributed by atoms with Crippen molar-refractivity contribution in [1.29, 1.82) is 0 Å². The van der Waals surface area contributed by atoms with E-state index in [1.165, 1.54) is 5.57 Å². The zero-order valence-electron chi connectivity index (χ0n) is 8.68. The fourth-order valence-electron chi connectivity index (χ4n) is 1.24. The van der Waals surface area contributed by atoms with Crippen LogP contribution < -0.4 is 10.6 Å². The summed E-state index contributed by atoms with van der Waals surface area (Å²) in [4.78, 5) is 11.6. The van der Waals surface area contributed by atoms with Gasteiger partial charge in [-0.2, -0.15) is 0 Å². The van der Waals surface area contributed by atoms with Gasteiger partial charge in [-0.05, 0) is 19.4 Å². The van der Waals surface area contributed by atoms with Crippen LogP contribution >= 0.6 is 0 Å². The van der Waals surface area contributed by atoms with Crippen LogP contribution in [0.1, 0.15) is 20.3 Å². The molecular weight excluding hydrogens is 176 g/mol. The Labute approximate surface area is 85.0 Å². The van der Waals surface area contributed by atoms with Crippen LogP contribution in [-0.4, -0.2) is 25.0 Å². The third-order valence-corrected chi connectivity index (χ3v) is 2.35.